The number of rotatable bonds is 3. The maximum atomic E-state index is 13.2. The van der Waals surface area contributed by atoms with Gasteiger partial charge in [0.1, 0.15) is 5.82 Å². The lowest BCUT2D eigenvalue weighted by Gasteiger charge is -2.10. The number of benzene rings is 1. The smallest absolute Gasteiger partial charge is 0.128 e. The molecule has 2 rings (SSSR count). The molecular weight excluding hydrogens is 217 g/mol. The van der Waals surface area contributed by atoms with Crippen LogP contribution in [0.3, 0.4) is 0 Å². The van der Waals surface area contributed by atoms with Crippen molar-refractivity contribution in [2.75, 3.05) is 13.1 Å². The molecule has 1 fully saturated rings. The van der Waals surface area contributed by atoms with Gasteiger partial charge in [-0.15, -0.1) is 12.4 Å². The molecule has 1 saturated heterocycles. The van der Waals surface area contributed by atoms with Crippen molar-refractivity contribution in [1.29, 1.82) is 0 Å². The predicted octanol–water partition coefficient (Wildman–Crippen LogP) is 2.13. The minimum Gasteiger partial charge on any atom is -0.372 e. The van der Waals surface area contributed by atoms with Crippen LogP contribution in [-0.2, 0) is 11.3 Å². The Hall–Kier alpha value is -0.640. The highest BCUT2D eigenvalue weighted by atomic mass is 35.5. The number of hydrogen-bond donors (Lipinski definition) is 1. The molecule has 0 amide bonds. The average molecular weight is 232 g/mol. The van der Waals surface area contributed by atoms with Crippen molar-refractivity contribution >= 4 is 12.4 Å². The fraction of sp³-hybridized carbons (Fsp3) is 0.455. The van der Waals surface area contributed by atoms with Gasteiger partial charge in [-0.3, -0.25) is 0 Å². The van der Waals surface area contributed by atoms with Crippen LogP contribution in [0.4, 0.5) is 4.39 Å². The first-order valence-electron chi connectivity index (χ1n) is 4.92. The number of halogens is 2. The molecule has 15 heavy (non-hydrogen) atoms. The van der Waals surface area contributed by atoms with Crippen molar-refractivity contribution in [3.63, 3.8) is 0 Å². The summed E-state index contributed by atoms with van der Waals surface area (Å²) in [6, 6.07) is 6.74. The first-order chi connectivity index (χ1) is 6.86. The highest BCUT2D eigenvalue weighted by Gasteiger charge is 2.15. The highest BCUT2D eigenvalue weighted by molar-refractivity contribution is 5.85. The zero-order valence-corrected chi connectivity index (χ0v) is 9.23. The van der Waals surface area contributed by atoms with E-state index in [0.29, 0.717) is 12.2 Å². The second-order valence-corrected chi connectivity index (χ2v) is 3.52. The van der Waals surface area contributed by atoms with Crippen LogP contribution < -0.4 is 5.32 Å². The van der Waals surface area contributed by atoms with E-state index in [0.717, 1.165) is 19.5 Å². The van der Waals surface area contributed by atoms with Crippen molar-refractivity contribution in [2.24, 2.45) is 0 Å². The predicted molar refractivity (Wildman–Crippen MR) is 59.7 cm³/mol. The summed E-state index contributed by atoms with van der Waals surface area (Å²) in [5.41, 5.74) is 0.638. The molecule has 1 aromatic rings. The monoisotopic (exact) mass is 231 g/mol. The summed E-state index contributed by atoms with van der Waals surface area (Å²) in [7, 11) is 0. The van der Waals surface area contributed by atoms with Gasteiger partial charge in [0.15, 0.2) is 0 Å². The van der Waals surface area contributed by atoms with Crippen molar-refractivity contribution in [1.82, 2.24) is 5.32 Å². The zero-order chi connectivity index (χ0) is 9.80. The summed E-state index contributed by atoms with van der Waals surface area (Å²) >= 11 is 0. The maximum Gasteiger partial charge on any atom is 0.128 e. The van der Waals surface area contributed by atoms with E-state index in [-0.39, 0.29) is 24.3 Å². The van der Waals surface area contributed by atoms with Crippen molar-refractivity contribution < 1.29 is 9.13 Å². The summed E-state index contributed by atoms with van der Waals surface area (Å²) in [4.78, 5) is 0. The molecule has 0 radical (unpaired) electrons. The Balaban J connectivity index is 0.00000112. The molecule has 1 aliphatic heterocycles. The molecule has 1 heterocycles. The van der Waals surface area contributed by atoms with Gasteiger partial charge in [-0.2, -0.15) is 0 Å². The molecule has 2 nitrogen and oxygen atoms in total. The zero-order valence-electron chi connectivity index (χ0n) is 8.41. The molecular formula is C11H15ClFNO. The van der Waals surface area contributed by atoms with Crippen LogP contribution >= 0.6 is 12.4 Å². The molecule has 1 N–H and O–H groups in total. The Bertz CT molecular complexity index is 302. The topological polar surface area (TPSA) is 21.3 Å². The second-order valence-electron chi connectivity index (χ2n) is 3.52. The van der Waals surface area contributed by atoms with Crippen LogP contribution in [-0.4, -0.2) is 19.2 Å². The molecule has 0 spiro atoms. The van der Waals surface area contributed by atoms with Crippen LogP contribution in [0.5, 0.6) is 0 Å². The summed E-state index contributed by atoms with van der Waals surface area (Å²) in [5, 5.41) is 3.20. The summed E-state index contributed by atoms with van der Waals surface area (Å²) in [6.07, 6.45) is 1.27. The number of nitrogens with one attached hydrogen (secondary N) is 1. The van der Waals surface area contributed by atoms with Crippen LogP contribution in [0, 0.1) is 5.82 Å². The molecule has 0 bridgehead atoms. The summed E-state index contributed by atoms with van der Waals surface area (Å²) < 4.78 is 18.7. The largest absolute Gasteiger partial charge is 0.372 e. The van der Waals surface area contributed by atoms with E-state index < -0.39 is 0 Å². The van der Waals surface area contributed by atoms with E-state index in [1.165, 1.54) is 6.07 Å². The third kappa shape index (κ3) is 3.45. The highest BCUT2D eigenvalue weighted by Crippen LogP contribution is 2.11. The van der Waals surface area contributed by atoms with E-state index in [2.05, 4.69) is 5.32 Å². The molecule has 1 atom stereocenters. The quantitative estimate of drug-likeness (QED) is 0.861. The maximum absolute atomic E-state index is 13.2. The number of hydrogen-bond acceptors (Lipinski definition) is 2. The van der Waals surface area contributed by atoms with Gasteiger partial charge in [-0.1, -0.05) is 18.2 Å². The summed E-state index contributed by atoms with van der Waals surface area (Å²) in [6.45, 7) is 2.26. The van der Waals surface area contributed by atoms with Crippen molar-refractivity contribution in [3.05, 3.63) is 35.6 Å². The number of ether oxygens (including phenoxy) is 1. The van der Waals surface area contributed by atoms with E-state index >= 15 is 0 Å². The molecule has 0 saturated carbocycles. The van der Waals surface area contributed by atoms with Gasteiger partial charge >= 0.3 is 0 Å². The van der Waals surface area contributed by atoms with Gasteiger partial charge in [-0.25, -0.2) is 4.39 Å². The Morgan fingerprint density at radius 3 is 2.87 bits per heavy atom. The van der Waals surface area contributed by atoms with E-state index in [9.17, 15) is 4.39 Å². The lowest BCUT2D eigenvalue weighted by Crippen LogP contribution is -2.16. The van der Waals surface area contributed by atoms with Gasteiger partial charge in [0.05, 0.1) is 12.7 Å². The average Bonchev–Trinajstić information content (AvgIpc) is 2.69. The van der Waals surface area contributed by atoms with E-state index in [1.807, 2.05) is 6.07 Å². The molecule has 4 heteroatoms. The molecule has 0 aliphatic carbocycles. The minimum atomic E-state index is -0.182. The Morgan fingerprint density at radius 2 is 2.20 bits per heavy atom. The molecule has 84 valence electrons. The van der Waals surface area contributed by atoms with Crippen molar-refractivity contribution in [2.45, 2.75) is 19.1 Å². The first-order valence-corrected chi connectivity index (χ1v) is 4.92. The van der Waals surface area contributed by atoms with Crippen LogP contribution in [0.25, 0.3) is 0 Å². The van der Waals surface area contributed by atoms with Crippen LogP contribution in [0.1, 0.15) is 12.0 Å². The minimum absolute atomic E-state index is 0. The molecule has 1 aliphatic rings. The Morgan fingerprint density at radius 1 is 1.40 bits per heavy atom. The van der Waals surface area contributed by atoms with Gasteiger partial charge < -0.3 is 10.1 Å². The van der Waals surface area contributed by atoms with E-state index in [4.69, 9.17) is 4.74 Å². The second kappa shape index (κ2) is 6.05. The Labute approximate surface area is 95.2 Å². The molecule has 0 aromatic heterocycles. The third-order valence-electron chi connectivity index (χ3n) is 2.45. The molecule has 1 aromatic carbocycles. The summed E-state index contributed by atoms with van der Waals surface area (Å²) in [5.74, 6) is -0.182. The van der Waals surface area contributed by atoms with Gasteiger partial charge in [0, 0.05) is 12.1 Å². The first kappa shape index (κ1) is 12.4. The lowest BCUT2D eigenvalue weighted by atomic mass is 10.2. The standard InChI is InChI=1S/C11H14FNO.ClH/c12-11-4-2-1-3-9(11)8-14-10-5-6-13-7-10;/h1-4,10,13H,5-8H2;1H/t10-;/m0./s1. The normalized spacial score (nSPS) is 19.9. The van der Waals surface area contributed by atoms with Gasteiger partial charge in [-0.05, 0) is 19.0 Å². The van der Waals surface area contributed by atoms with Gasteiger partial charge in [0.25, 0.3) is 0 Å². The van der Waals surface area contributed by atoms with Crippen LogP contribution in [0.15, 0.2) is 24.3 Å². The fourth-order valence-electron chi connectivity index (χ4n) is 1.59. The van der Waals surface area contributed by atoms with E-state index in [1.54, 1.807) is 12.1 Å². The van der Waals surface area contributed by atoms with Crippen molar-refractivity contribution in [3.8, 4) is 0 Å². The van der Waals surface area contributed by atoms with Gasteiger partial charge in [0.2, 0.25) is 0 Å². The lowest BCUT2D eigenvalue weighted by molar-refractivity contribution is 0.0525. The van der Waals surface area contributed by atoms with Crippen LogP contribution in [0.2, 0.25) is 0 Å². The molecule has 0 unspecified atom stereocenters. The third-order valence-corrected chi connectivity index (χ3v) is 2.45. The fourth-order valence-corrected chi connectivity index (χ4v) is 1.59. The SMILES string of the molecule is Cl.Fc1ccccc1CO[C@H]1CCNC1. The Kier molecular flexibility index (Phi) is 5.02.